The summed E-state index contributed by atoms with van der Waals surface area (Å²) in [4.78, 5) is 27.6. The summed E-state index contributed by atoms with van der Waals surface area (Å²) in [6, 6.07) is 1.95. The molecule has 4 rings (SSSR count). The Balaban J connectivity index is 1.49. The van der Waals surface area contributed by atoms with E-state index in [-0.39, 0.29) is 11.3 Å². The first-order chi connectivity index (χ1) is 13.9. The molecule has 8 nitrogen and oxygen atoms in total. The molecule has 0 bridgehead atoms. The highest BCUT2D eigenvalue weighted by Gasteiger charge is 2.25. The van der Waals surface area contributed by atoms with Crippen molar-refractivity contribution in [1.82, 2.24) is 24.7 Å². The Morgan fingerprint density at radius 1 is 1.34 bits per heavy atom. The zero-order chi connectivity index (χ0) is 20.5. The molecule has 9 heteroatoms. The third kappa shape index (κ3) is 3.91. The Kier molecular flexibility index (Phi) is 5.14. The molecule has 4 heterocycles. The number of anilines is 2. The Morgan fingerprint density at radius 2 is 2.17 bits per heavy atom. The summed E-state index contributed by atoms with van der Waals surface area (Å²) in [5.41, 5.74) is 1.41. The molecule has 1 saturated heterocycles. The van der Waals surface area contributed by atoms with Crippen molar-refractivity contribution in [3.05, 3.63) is 48.1 Å². The van der Waals surface area contributed by atoms with Gasteiger partial charge < -0.3 is 19.9 Å². The molecule has 0 aromatic carbocycles. The molecule has 1 amide bonds. The lowest BCUT2D eigenvalue weighted by Gasteiger charge is -2.39. The van der Waals surface area contributed by atoms with Gasteiger partial charge in [-0.25, -0.2) is 19.3 Å². The zero-order valence-corrected chi connectivity index (χ0v) is 16.7. The van der Waals surface area contributed by atoms with E-state index in [1.54, 1.807) is 29.9 Å². The molecular weight excluding hydrogens is 373 g/mol. The molecule has 29 heavy (non-hydrogen) atoms. The number of carbonyl (C=O) groups excluding carboxylic acids is 1. The molecule has 1 aliphatic rings. The molecule has 2 atom stereocenters. The molecule has 0 saturated carbocycles. The van der Waals surface area contributed by atoms with Crippen molar-refractivity contribution >= 4 is 23.1 Å². The number of fused-ring (bicyclic) bond motifs is 1. The topological polar surface area (TPSA) is 87.5 Å². The van der Waals surface area contributed by atoms with Gasteiger partial charge in [-0.2, -0.15) is 0 Å². The van der Waals surface area contributed by atoms with E-state index in [0.717, 1.165) is 25.3 Å². The van der Waals surface area contributed by atoms with Gasteiger partial charge in [0.25, 0.3) is 5.91 Å². The van der Waals surface area contributed by atoms with Gasteiger partial charge in [0.15, 0.2) is 11.5 Å². The molecule has 0 radical (unpaired) electrons. The van der Waals surface area contributed by atoms with E-state index in [1.807, 2.05) is 0 Å². The first-order valence-electron chi connectivity index (χ1n) is 9.73. The monoisotopic (exact) mass is 397 g/mol. The molecule has 3 aromatic rings. The first kappa shape index (κ1) is 19.3. The summed E-state index contributed by atoms with van der Waals surface area (Å²) < 4.78 is 15.7. The normalized spacial score (nSPS) is 19.5. The molecule has 2 N–H and O–H groups in total. The number of amides is 1. The van der Waals surface area contributed by atoms with Gasteiger partial charge in [-0.15, -0.1) is 0 Å². The largest absolute Gasteiger partial charge is 0.350 e. The highest BCUT2D eigenvalue weighted by atomic mass is 19.1. The van der Waals surface area contributed by atoms with Crippen molar-refractivity contribution in [3.8, 4) is 0 Å². The Hall–Kier alpha value is -3.07. The molecule has 0 spiro atoms. The minimum atomic E-state index is -0.504. The van der Waals surface area contributed by atoms with Crippen molar-refractivity contribution < 1.29 is 9.18 Å². The number of pyridine rings is 1. The van der Waals surface area contributed by atoms with Crippen LogP contribution in [0.2, 0.25) is 0 Å². The fraction of sp³-hybridized carbons (Fsp3) is 0.400. The quantitative estimate of drug-likeness (QED) is 0.703. The van der Waals surface area contributed by atoms with Crippen LogP contribution in [0.15, 0.2) is 30.9 Å². The fourth-order valence-electron chi connectivity index (χ4n) is 3.55. The SMILES string of the molecule is CC[C@H]1CN(c2cnc(C(=O)Nc3cc(F)c4nc(C)cn4c3)cn2)[C@H](C)CN1. The van der Waals surface area contributed by atoms with Gasteiger partial charge in [0.1, 0.15) is 11.5 Å². The Morgan fingerprint density at radius 3 is 2.90 bits per heavy atom. The lowest BCUT2D eigenvalue weighted by atomic mass is 10.1. The van der Waals surface area contributed by atoms with Crippen molar-refractivity contribution in [2.24, 2.45) is 0 Å². The van der Waals surface area contributed by atoms with E-state index in [4.69, 9.17) is 0 Å². The predicted molar refractivity (Wildman–Crippen MR) is 109 cm³/mol. The van der Waals surface area contributed by atoms with Gasteiger partial charge in [-0.3, -0.25) is 4.79 Å². The third-order valence-electron chi connectivity index (χ3n) is 5.19. The van der Waals surface area contributed by atoms with Crippen LogP contribution in [-0.2, 0) is 0 Å². The fourth-order valence-corrected chi connectivity index (χ4v) is 3.55. The standard InChI is InChI=1S/C20H24FN7O/c1-4-14-11-28(13(3)6-22-14)18-8-23-17(7-24-18)20(29)26-15-5-16(21)19-25-12(2)9-27(19)10-15/h5,7-10,13-14,22H,4,6,11H2,1-3H3,(H,26,29)/t13-,14+/m1/s1. The summed E-state index contributed by atoms with van der Waals surface area (Å²) >= 11 is 0. The van der Waals surface area contributed by atoms with Crippen molar-refractivity contribution in [1.29, 1.82) is 0 Å². The minimum Gasteiger partial charge on any atom is -0.350 e. The number of halogens is 1. The van der Waals surface area contributed by atoms with Gasteiger partial charge in [-0.1, -0.05) is 6.92 Å². The lowest BCUT2D eigenvalue weighted by Crippen LogP contribution is -2.55. The number of imidazole rings is 1. The van der Waals surface area contributed by atoms with Crippen LogP contribution in [0, 0.1) is 12.7 Å². The van der Waals surface area contributed by atoms with Crippen LogP contribution >= 0.6 is 0 Å². The summed E-state index contributed by atoms with van der Waals surface area (Å²) in [5.74, 6) is -0.203. The number of rotatable bonds is 4. The molecule has 1 aliphatic heterocycles. The second-order valence-corrected chi connectivity index (χ2v) is 7.42. The van der Waals surface area contributed by atoms with E-state index in [1.165, 1.54) is 12.3 Å². The average molecular weight is 397 g/mol. The van der Waals surface area contributed by atoms with Gasteiger partial charge in [0, 0.05) is 43.6 Å². The first-order valence-corrected chi connectivity index (χ1v) is 9.73. The third-order valence-corrected chi connectivity index (χ3v) is 5.19. The van der Waals surface area contributed by atoms with Gasteiger partial charge in [-0.05, 0) is 20.3 Å². The van der Waals surface area contributed by atoms with Crippen LogP contribution in [0.4, 0.5) is 15.9 Å². The van der Waals surface area contributed by atoms with Crippen LogP contribution in [0.25, 0.3) is 5.65 Å². The number of piperazine rings is 1. The van der Waals surface area contributed by atoms with Crippen LogP contribution in [0.3, 0.4) is 0 Å². The maximum atomic E-state index is 14.2. The van der Waals surface area contributed by atoms with Crippen LogP contribution in [-0.4, -0.2) is 50.4 Å². The van der Waals surface area contributed by atoms with Crippen LogP contribution < -0.4 is 15.5 Å². The summed E-state index contributed by atoms with van der Waals surface area (Å²) in [6.45, 7) is 7.79. The second-order valence-electron chi connectivity index (χ2n) is 7.42. The van der Waals surface area contributed by atoms with E-state index < -0.39 is 11.7 Å². The Labute approximate surface area is 168 Å². The summed E-state index contributed by atoms with van der Waals surface area (Å²) in [6.07, 6.45) is 7.42. The van der Waals surface area contributed by atoms with E-state index in [2.05, 4.69) is 44.3 Å². The maximum absolute atomic E-state index is 14.2. The van der Waals surface area contributed by atoms with Crippen LogP contribution in [0.5, 0.6) is 0 Å². The highest BCUT2D eigenvalue weighted by molar-refractivity contribution is 6.02. The number of nitrogens with one attached hydrogen (secondary N) is 2. The van der Waals surface area contributed by atoms with Crippen molar-refractivity contribution in [3.63, 3.8) is 0 Å². The second kappa shape index (κ2) is 7.75. The molecule has 0 unspecified atom stereocenters. The van der Waals surface area contributed by atoms with Gasteiger partial charge in [0.2, 0.25) is 0 Å². The molecular formula is C20H24FN7O. The minimum absolute atomic E-state index is 0.172. The van der Waals surface area contributed by atoms with E-state index in [9.17, 15) is 9.18 Å². The van der Waals surface area contributed by atoms with E-state index in [0.29, 0.717) is 23.5 Å². The van der Waals surface area contributed by atoms with Gasteiger partial charge >= 0.3 is 0 Å². The summed E-state index contributed by atoms with van der Waals surface area (Å²) in [7, 11) is 0. The summed E-state index contributed by atoms with van der Waals surface area (Å²) in [5, 5.41) is 6.17. The molecule has 3 aromatic heterocycles. The predicted octanol–water partition coefficient (Wildman–Crippen LogP) is 2.40. The highest BCUT2D eigenvalue weighted by Crippen LogP contribution is 2.19. The van der Waals surface area contributed by atoms with Crippen LogP contribution in [0.1, 0.15) is 36.5 Å². The number of nitrogens with zero attached hydrogens (tertiary/aromatic N) is 5. The number of hydrogen-bond donors (Lipinski definition) is 2. The number of aryl methyl sites for hydroxylation is 1. The molecule has 0 aliphatic carbocycles. The zero-order valence-electron chi connectivity index (χ0n) is 16.7. The van der Waals surface area contributed by atoms with Crippen molar-refractivity contribution in [2.75, 3.05) is 23.3 Å². The Bertz CT molecular complexity index is 1030. The van der Waals surface area contributed by atoms with Crippen molar-refractivity contribution in [2.45, 2.75) is 39.3 Å². The molecule has 152 valence electrons. The number of hydrogen-bond acceptors (Lipinski definition) is 6. The lowest BCUT2D eigenvalue weighted by molar-refractivity contribution is 0.102. The smallest absolute Gasteiger partial charge is 0.275 e. The number of carbonyl (C=O) groups is 1. The maximum Gasteiger partial charge on any atom is 0.275 e. The van der Waals surface area contributed by atoms with E-state index >= 15 is 0 Å². The average Bonchev–Trinajstić information content (AvgIpc) is 3.09. The number of aromatic nitrogens is 4. The molecule has 1 fully saturated rings. The van der Waals surface area contributed by atoms with Gasteiger partial charge in [0.05, 0.1) is 23.8 Å².